The number of halogens is 2. The van der Waals surface area contributed by atoms with Gasteiger partial charge in [-0.05, 0) is 59.0 Å². The largest absolute Gasteiger partial charge is 0.359 e. The Morgan fingerprint density at radius 1 is 1.04 bits per heavy atom. The number of aryl methyl sites for hydroxylation is 2. The van der Waals surface area contributed by atoms with E-state index in [4.69, 9.17) is 4.52 Å². The van der Waals surface area contributed by atoms with Crippen molar-refractivity contribution in [2.75, 3.05) is 4.72 Å². The number of rotatable bonds is 4. The fraction of sp³-hybridized carbons (Fsp3) is 0.118. The second-order valence-corrected chi connectivity index (χ2v) is 7.26. The fourth-order valence-electron chi connectivity index (χ4n) is 2.34. The van der Waals surface area contributed by atoms with E-state index < -0.39 is 21.1 Å². The maximum Gasteiger partial charge on any atom is 0.350 e. The Morgan fingerprint density at radius 3 is 2.32 bits per heavy atom. The third-order valence-electron chi connectivity index (χ3n) is 3.59. The second kappa shape index (κ2) is 6.38. The quantitative estimate of drug-likeness (QED) is 0.663. The van der Waals surface area contributed by atoms with E-state index >= 15 is 0 Å². The third kappa shape index (κ3) is 3.59. The van der Waals surface area contributed by atoms with Crippen molar-refractivity contribution in [1.82, 2.24) is 5.16 Å². The zero-order chi connectivity index (χ0) is 18.2. The molecule has 130 valence electrons. The molecule has 0 saturated heterocycles. The minimum atomic E-state index is -3.90. The van der Waals surface area contributed by atoms with Gasteiger partial charge in [0.15, 0.2) is 5.82 Å². The van der Waals surface area contributed by atoms with Gasteiger partial charge in [0.05, 0.1) is 0 Å². The maximum absolute atomic E-state index is 14.4. The summed E-state index contributed by atoms with van der Waals surface area (Å²) in [6.07, 6.45) is 0. The molecule has 0 amide bonds. The molecule has 0 fully saturated rings. The zero-order valence-corrected chi connectivity index (χ0v) is 14.2. The van der Waals surface area contributed by atoms with Crippen molar-refractivity contribution in [3.63, 3.8) is 0 Å². The van der Waals surface area contributed by atoms with E-state index in [-0.39, 0.29) is 11.6 Å². The van der Waals surface area contributed by atoms with Crippen molar-refractivity contribution in [3.8, 4) is 11.1 Å². The van der Waals surface area contributed by atoms with Crippen LogP contribution in [0.25, 0.3) is 11.1 Å². The van der Waals surface area contributed by atoms with Crippen molar-refractivity contribution < 1.29 is 22.1 Å². The van der Waals surface area contributed by atoms with Gasteiger partial charge in [-0.3, -0.25) is 0 Å². The van der Waals surface area contributed by atoms with Crippen LogP contribution in [0.2, 0.25) is 0 Å². The summed E-state index contributed by atoms with van der Waals surface area (Å²) in [6.45, 7) is 3.23. The molecule has 0 radical (unpaired) electrons. The number of hydrogen-bond donors (Lipinski definition) is 2. The van der Waals surface area contributed by atoms with Crippen LogP contribution >= 0.6 is 0 Å². The topological polar surface area (TPSA) is 75.4 Å². The van der Waals surface area contributed by atoms with Crippen molar-refractivity contribution >= 4 is 16.2 Å². The van der Waals surface area contributed by atoms with Crippen LogP contribution in [0.1, 0.15) is 11.3 Å². The number of nitrogens with zero attached hydrogens (tertiary/aromatic N) is 1. The molecule has 0 aliphatic carbocycles. The molecule has 2 N–H and O–H groups in total. The van der Waals surface area contributed by atoms with Crippen LogP contribution in [0, 0.1) is 25.5 Å². The molecule has 25 heavy (non-hydrogen) atoms. The first kappa shape index (κ1) is 17.2. The highest BCUT2D eigenvalue weighted by molar-refractivity contribution is 7.99. The Hall–Kier alpha value is -2.58. The first-order valence-corrected chi connectivity index (χ1v) is 8.81. The van der Waals surface area contributed by atoms with Crippen molar-refractivity contribution in [2.45, 2.75) is 18.7 Å². The van der Waals surface area contributed by atoms with Gasteiger partial charge in [0, 0.05) is 12.1 Å². The lowest BCUT2D eigenvalue weighted by atomic mass is 10.0. The summed E-state index contributed by atoms with van der Waals surface area (Å²) >= 11 is 0. The highest BCUT2D eigenvalue weighted by Gasteiger charge is 2.34. The predicted octanol–water partition coefficient (Wildman–Crippen LogP) is 4.60. The molecule has 0 bridgehead atoms. The van der Waals surface area contributed by atoms with Crippen LogP contribution < -0.4 is 4.72 Å². The molecule has 2 aromatic carbocycles. The molecular formula is C17H15F2N2O3S+. The normalized spacial score (nSPS) is 13.5. The number of benzene rings is 2. The number of aromatic nitrogens is 1. The Balaban J connectivity index is 1.93. The lowest BCUT2D eigenvalue weighted by Gasteiger charge is -2.08. The molecule has 0 aliphatic rings. The van der Waals surface area contributed by atoms with Gasteiger partial charge in [-0.1, -0.05) is 11.2 Å². The monoisotopic (exact) mass is 365 g/mol. The highest BCUT2D eigenvalue weighted by Crippen LogP contribution is 2.28. The summed E-state index contributed by atoms with van der Waals surface area (Å²) in [4.78, 5) is -0.407. The van der Waals surface area contributed by atoms with Gasteiger partial charge in [0.1, 0.15) is 11.6 Å². The lowest BCUT2D eigenvalue weighted by Crippen LogP contribution is -2.22. The van der Waals surface area contributed by atoms with Gasteiger partial charge in [-0.25, -0.2) is 8.78 Å². The molecule has 1 atom stereocenters. The number of nitrogens with one attached hydrogen (secondary N) is 1. The molecular weight excluding hydrogens is 350 g/mol. The van der Waals surface area contributed by atoms with E-state index in [2.05, 4.69) is 9.88 Å². The van der Waals surface area contributed by atoms with Gasteiger partial charge in [0.2, 0.25) is 5.82 Å². The molecule has 0 aliphatic heterocycles. The minimum Gasteiger partial charge on any atom is -0.359 e. The molecule has 3 aromatic rings. The molecule has 1 aromatic heterocycles. The van der Waals surface area contributed by atoms with Crippen LogP contribution in [0.4, 0.5) is 14.6 Å². The predicted molar refractivity (Wildman–Crippen MR) is 90.3 cm³/mol. The third-order valence-corrected chi connectivity index (χ3v) is 5.01. The summed E-state index contributed by atoms with van der Waals surface area (Å²) in [7, 11) is -3.90. The van der Waals surface area contributed by atoms with Crippen LogP contribution in [0.5, 0.6) is 0 Å². The van der Waals surface area contributed by atoms with Crippen LogP contribution in [0.3, 0.4) is 0 Å². The first-order valence-electron chi connectivity index (χ1n) is 7.30. The summed E-state index contributed by atoms with van der Waals surface area (Å²) < 4.78 is 57.4. The van der Waals surface area contributed by atoms with Crippen LogP contribution in [-0.2, 0) is 14.6 Å². The number of hydrogen-bond acceptors (Lipinski definition) is 3. The molecule has 8 heteroatoms. The minimum absolute atomic E-state index is 0.0302. The van der Waals surface area contributed by atoms with E-state index in [9.17, 15) is 17.5 Å². The van der Waals surface area contributed by atoms with E-state index in [0.29, 0.717) is 22.5 Å². The average Bonchev–Trinajstić information content (AvgIpc) is 2.94. The Morgan fingerprint density at radius 2 is 1.72 bits per heavy atom. The van der Waals surface area contributed by atoms with E-state index in [1.807, 2.05) is 0 Å². The van der Waals surface area contributed by atoms with Crippen LogP contribution in [-0.4, -0.2) is 9.71 Å². The van der Waals surface area contributed by atoms with Gasteiger partial charge in [-0.15, -0.1) is 0 Å². The smallest absolute Gasteiger partial charge is 0.350 e. The SMILES string of the molecule is Cc1cc(N[S+](=O)(O)c2ccc(-c3ccc(F)c(C)c3)cc2F)no1. The van der Waals surface area contributed by atoms with E-state index in [0.717, 1.165) is 6.07 Å². The van der Waals surface area contributed by atoms with Crippen LogP contribution in [0.15, 0.2) is 51.9 Å². The fourth-order valence-corrected chi connectivity index (χ4v) is 3.41. The zero-order valence-electron chi connectivity index (χ0n) is 13.4. The molecule has 0 saturated carbocycles. The molecule has 5 nitrogen and oxygen atoms in total. The summed E-state index contributed by atoms with van der Waals surface area (Å²) in [5, 5.41) is 3.56. The highest BCUT2D eigenvalue weighted by atomic mass is 32.3. The summed E-state index contributed by atoms with van der Waals surface area (Å²) in [6, 6.07) is 9.65. The van der Waals surface area contributed by atoms with E-state index in [1.165, 1.54) is 30.3 Å². The standard InChI is InChI=1S/C17H14F2N2O3S/c1-10-7-12(3-5-14(10)18)13-4-6-16(15(19)9-13)25(22,23)21-17-8-11(2)24-20-17/h3-9H,1-2H3,(H-,20,21,22,23)/p+1. The molecule has 0 spiro atoms. The van der Waals surface area contributed by atoms with Gasteiger partial charge >= 0.3 is 10.4 Å². The maximum atomic E-state index is 14.4. The average molecular weight is 365 g/mol. The van der Waals surface area contributed by atoms with Gasteiger partial charge in [0.25, 0.3) is 4.90 Å². The molecule has 1 heterocycles. The van der Waals surface area contributed by atoms with Crippen molar-refractivity contribution in [2.24, 2.45) is 0 Å². The van der Waals surface area contributed by atoms with E-state index in [1.54, 1.807) is 19.9 Å². The first-order chi connectivity index (χ1) is 11.8. The summed E-state index contributed by atoms with van der Waals surface area (Å²) in [5.74, 6) is -0.742. The Labute approximate surface area is 144 Å². The van der Waals surface area contributed by atoms with Crippen molar-refractivity contribution in [3.05, 3.63) is 65.4 Å². The Bertz CT molecular complexity index is 988. The summed E-state index contributed by atoms with van der Waals surface area (Å²) in [5.41, 5.74) is 1.50. The second-order valence-electron chi connectivity index (χ2n) is 5.56. The van der Waals surface area contributed by atoms with Gasteiger partial charge in [-0.2, -0.15) is 9.27 Å². The number of anilines is 1. The Kier molecular flexibility index (Phi) is 4.40. The molecule has 3 rings (SSSR count). The van der Waals surface area contributed by atoms with Gasteiger partial charge < -0.3 is 4.52 Å². The van der Waals surface area contributed by atoms with Crippen molar-refractivity contribution in [1.29, 1.82) is 0 Å². The lowest BCUT2D eigenvalue weighted by molar-refractivity contribution is 0.400. The molecule has 1 unspecified atom stereocenters.